The van der Waals surface area contributed by atoms with E-state index in [1.165, 1.54) is 11.1 Å². The number of hydrogen-bond donors (Lipinski definition) is 1. The molecule has 1 saturated heterocycles. The van der Waals surface area contributed by atoms with Crippen molar-refractivity contribution in [2.75, 3.05) is 39.0 Å². The van der Waals surface area contributed by atoms with Crippen LogP contribution < -0.4 is 5.32 Å². The number of nitrogens with one attached hydrogen (secondary N) is 1. The normalized spacial score (nSPS) is 17.9. The van der Waals surface area contributed by atoms with Gasteiger partial charge in [0.2, 0.25) is 10.0 Å². The summed E-state index contributed by atoms with van der Waals surface area (Å²) >= 11 is 0. The van der Waals surface area contributed by atoms with Crippen LogP contribution >= 0.6 is 0 Å². The highest BCUT2D eigenvalue weighted by molar-refractivity contribution is 7.89. The van der Waals surface area contributed by atoms with Gasteiger partial charge in [0.15, 0.2) is 5.96 Å². The fourth-order valence-corrected chi connectivity index (χ4v) is 4.24. The summed E-state index contributed by atoms with van der Waals surface area (Å²) in [7, 11) is -1.05. The van der Waals surface area contributed by atoms with E-state index in [0.29, 0.717) is 19.6 Å². The van der Waals surface area contributed by atoms with Crippen LogP contribution in [0.4, 0.5) is 0 Å². The minimum atomic E-state index is -3.04. The van der Waals surface area contributed by atoms with E-state index in [2.05, 4.69) is 46.4 Å². The van der Waals surface area contributed by atoms with Crippen LogP contribution in [0, 0.1) is 6.92 Å². The number of rotatable bonds is 6. The Morgan fingerprint density at radius 1 is 1.33 bits per heavy atom. The Bertz CT molecular complexity index is 656. The summed E-state index contributed by atoms with van der Waals surface area (Å²) < 4.78 is 25.2. The molecule has 2 rings (SSSR count). The molecule has 0 amide bonds. The number of benzene rings is 1. The van der Waals surface area contributed by atoms with E-state index >= 15 is 0 Å². The minimum absolute atomic E-state index is 0.268. The number of hydrogen-bond acceptors (Lipinski definition) is 3. The van der Waals surface area contributed by atoms with E-state index in [4.69, 9.17) is 0 Å². The summed E-state index contributed by atoms with van der Waals surface area (Å²) in [4.78, 5) is 6.64. The summed E-state index contributed by atoms with van der Waals surface area (Å²) in [6, 6.07) is 8.44. The molecular weight excluding hydrogens is 324 g/mol. The first kappa shape index (κ1) is 18.7. The third-order valence-corrected chi connectivity index (χ3v) is 6.01. The molecule has 0 aliphatic carbocycles. The Morgan fingerprint density at radius 2 is 2.04 bits per heavy atom. The second-order valence-electron chi connectivity index (χ2n) is 6.15. The molecule has 0 spiro atoms. The first-order valence-corrected chi connectivity index (χ1v) is 10.1. The molecule has 1 fully saturated rings. The molecule has 0 unspecified atom stereocenters. The molecule has 1 heterocycles. The second-order valence-corrected chi connectivity index (χ2v) is 8.23. The Labute approximate surface area is 145 Å². The smallest absolute Gasteiger partial charge is 0.214 e. The monoisotopic (exact) mass is 352 g/mol. The lowest BCUT2D eigenvalue weighted by atomic mass is 10.1. The van der Waals surface area contributed by atoms with Crippen LogP contribution in [0.15, 0.2) is 29.3 Å². The average Bonchev–Trinajstić information content (AvgIpc) is 2.87. The van der Waals surface area contributed by atoms with Crippen LogP contribution in [0.25, 0.3) is 0 Å². The maximum atomic E-state index is 11.8. The maximum Gasteiger partial charge on any atom is 0.214 e. The molecule has 1 aliphatic rings. The van der Waals surface area contributed by atoms with Crippen molar-refractivity contribution < 1.29 is 8.42 Å². The number of nitrogens with zero attached hydrogens (tertiary/aromatic N) is 3. The number of guanidine groups is 1. The molecule has 0 aromatic heterocycles. The zero-order valence-electron chi connectivity index (χ0n) is 14.8. The Kier molecular flexibility index (Phi) is 6.62. The topological polar surface area (TPSA) is 65.0 Å². The summed E-state index contributed by atoms with van der Waals surface area (Å²) in [6.07, 6.45) is 0.722. The third kappa shape index (κ3) is 5.21. The van der Waals surface area contributed by atoms with Gasteiger partial charge in [-0.05, 0) is 25.8 Å². The standard InChI is InChI=1S/C17H28N4O2S/c1-4-18-17(19-10-12-21-11-5-13-24(21,22)23)20(3)14-16-8-6-15(2)7-9-16/h6-9H,4-5,10-14H2,1-3H3,(H,18,19). The van der Waals surface area contributed by atoms with E-state index in [1.54, 1.807) is 4.31 Å². The van der Waals surface area contributed by atoms with Gasteiger partial charge < -0.3 is 10.2 Å². The van der Waals surface area contributed by atoms with Gasteiger partial charge in [-0.15, -0.1) is 0 Å². The van der Waals surface area contributed by atoms with Crippen LogP contribution in [0.3, 0.4) is 0 Å². The summed E-state index contributed by atoms with van der Waals surface area (Å²) in [5.74, 6) is 1.07. The van der Waals surface area contributed by atoms with E-state index < -0.39 is 10.0 Å². The molecule has 0 saturated carbocycles. The third-order valence-electron chi connectivity index (χ3n) is 4.05. The molecular formula is C17H28N4O2S. The van der Waals surface area contributed by atoms with Crippen molar-refractivity contribution in [1.82, 2.24) is 14.5 Å². The molecule has 7 heteroatoms. The minimum Gasteiger partial charge on any atom is -0.357 e. The van der Waals surface area contributed by atoms with Gasteiger partial charge in [-0.3, -0.25) is 4.99 Å². The van der Waals surface area contributed by atoms with Crippen molar-refractivity contribution in [3.63, 3.8) is 0 Å². The van der Waals surface area contributed by atoms with Gasteiger partial charge in [-0.25, -0.2) is 12.7 Å². The molecule has 0 radical (unpaired) electrons. The first-order valence-electron chi connectivity index (χ1n) is 8.45. The van der Waals surface area contributed by atoms with Crippen molar-refractivity contribution in [3.05, 3.63) is 35.4 Å². The van der Waals surface area contributed by atoms with Crippen molar-refractivity contribution in [2.45, 2.75) is 26.8 Å². The molecule has 134 valence electrons. The van der Waals surface area contributed by atoms with Crippen molar-refractivity contribution in [2.24, 2.45) is 4.99 Å². The molecule has 1 aromatic rings. The Balaban J connectivity index is 1.95. The van der Waals surface area contributed by atoms with Gasteiger partial charge in [-0.1, -0.05) is 29.8 Å². The summed E-state index contributed by atoms with van der Waals surface area (Å²) in [5, 5.41) is 3.27. The van der Waals surface area contributed by atoms with Crippen LogP contribution in [0.1, 0.15) is 24.5 Å². The van der Waals surface area contributed by atoms with E-state index in [-0.39, 0.29) is 5.75 Å². The maximum absolute atomic E-state index is 11.8. The van der Waals surface area contributed by atoms with Crippen LogP contribution in [-0.4, -0.2) is 62.6 Å². The molecule has 24 heavy (non-hydrogen) atoms. The first-order chi connectivity index (χ1) is 11.4. The number of aryl methyl sites for hydroxylation is 1. The Hall–Kier alpha value is -1.60. The molecule has 1 aliphatic heterocycles. The lowest BCUT2D eigenvalue weighted by molar-refractivity contribution is 0.445. The zero-order chi connectivity index (χ0) is 17.6. The van der Waals surface area contributed by atoms with Gasteiger partial charge in [0.1, 0.15) is 0 Å². The molecule has 0 atom stereocenters. The van der Waals surface area contributed by atoms with Crippen LogP contribution in [0.2, 0.25) is 0 Å². The fourth-order valence-electron chi connectivity index (χ4n) is 2.72. The summed E-state index contributed by atoms with van der Waals surface area (Å²) in [6.45, 7) is 7.18. The highest BCUT2D eigenvalue weighted by Gasteiger charge is 2.27. The lowest BCUT2D eigenvalue weighted by Crippen LogP contribution is -2.39. The van der Waals surface area contributed by atoms with E-state index in [9.17, 15) is 8.42 Å². The van der Waals surface area contributed by atoms with Crippen molar-refractivity contribution in [1.29, 1.82) is 0 Å². The SMILES string of the molecule is CCNC(=NCCN1CCCS1(=O)=O)N(C)Cc1ccc(C)cc1. The highest BCUT2D eigenvalue weighted by atomic mass is 32.2. The van der Waals surface area contributed by atoms with E-state index in [0.717, 1.165) is 25.5 Å². The molecule has 0 bridgehead atoms. The lowest BCUT2D eigenvalue weighted by Gasteiger charge is -2.22. The van der Waals surface area contributed by atoms with Gasteiger partial charge >= 0.3 is 0 Å². The fraction of sp³-hybridized carbons (Fsp3) is 0.588. The molecule has 1 N–H and O–H groups in total. The predicted molar refractivity (Wildman–Crippen MR) is 98.6 cm³/mol. The number of sulfonamides is 1. The van der Waals surface area contributed by atoms with Gasteiger partial charge in [-0.2, -0.15) is 0 Å². The van der Waals surface area contributed by atoms with Crippen LogP contribution in [0.5, 0.6) is 0 Å². The molecule has 6 nitrogen and oxygen atoms in total. The van der Waals surface area contributed by atoms with Gasteiger partial charge in [0.25, 0.3) is 0 Å². The Morgan fingerprint density at radius 3 is 2.62 bits per heavy atom. The average molecular weight is 353 g/mol. The highest BCUT2D eigenvalue weighted by Crippen LogP contribution is 2.12. The second kappa shape index (κ2) is 8.48. The van der Waals surface area contributed by atoms with Crippen LogP contribution in [-0.2, 0) is 16.6 Å². The van der Waals surface area contributed by atoms with Crippen molar-refractivity contribution in [3.8, 4) is 0 Å². The van der Waals surface area contributed by atoms with Gasteiger partial charge in [0.05, 0.1) is 12.3 Å². The largest absolute Gasteiger partial charge is 0.357 e. The summed E-state index contributed by atoms with van der Waals surface area (Å²) in [5.41, 5.74) is 2.46. The quantitative estimate of drug-likeness (QED) is 0.621. The zero-order valence-corrected chi connectivity index (χ0v) is 15.6. The number of aliphatic imine (C=N–C) groups is 1. The van der Waals surface area contributed by atoms with Gasteiger partial charge in [0, 0.05) is 33.2 Å². The predicted octanol–water partition coefficient (Wildman–Crippen LogP) is 1.43. The molecule has 1 aromatic carbocycles. The van der Waals surface area contributed by atoms with E-state index in [1.807, 2.05) is 14.0 Å². The van der Waals surface area contributed by atoms with Crippen molar-refractivity contribution >= 4 is 16.0 Å².